The second-order valence-corrected chi connectivity index (χ2v) is 6.28. The van der Waals surface area contributed by atoms with Crippen molar-refractivity contribution in [2.75, 3.05) is 25.9 Å². The molecule has 0 aromatic rings. The molecule has 0 unspecified atom stereocenters. The Labute approximate surface area is 86.9 Å². The molecular formula is C9H20N2O2S. The zero-order valence-corrected chi connectivity index (χ0v) is 10.2. The van der Waals surface area contributed by atoms with Gasteiger partial charge >= 0.3 is 0 Å². The van der Waals surface area contributed by atoms with Gasteiger partial charge in [0, 0.05) is 31.7 Å². The van der Waals surface area contributed by atoms with Crippen molar-refractivity contribution in [1.29, 1.82) is 0 Å². The first-order valence-corrected chi connectivity index (χ1v) is 6.88. The molecule has 0 aromatic heterocycles. The van der Waals surface area contributed by atoms with Crippen molar-refractivity contribution in [3.63, 3.8) is 0 Å². The van der Waals surface area contributed by atoms with Crippen LogP contribution in [0.2, 0.25) is 0 Å². The van der Waals surface area contributed by atoms with Gasteiger partial charge in [0.25, 0.3) is 0 Å². The molecule has 0 aliphatic carbocycles. The predicted molar refractivity (Wildman–Crippen MR) is 57.7 cm³/mol. The summed E-state index contributed by atoms with van der Waals surface area (Å²) in [5.41, 5.74) is 0. The van der Waals surface area contributed by atoms with E-state index in [2.05, 4.69) is 25.7 Å². The number of nitrogens with zero attached hydrogens (tertiary/aromatic N) is 2. The zero-order valence-electron chi connectivity index (χ0n) is 9.40. The lowest BCUT2D eigenvalue weighted by Gasteiger charge is -2.40. The van der Waals surface area contributed by atoms with E-state index in [-0.39, 0.29) is 0 Å². The molecule has 0 saturated carbocycles. The second kappa shape index (κ2) is 4.16. The van der Waals surface area contributed by atoms with Crippen LogP contribution in [0.5, 0.6) is 0 Å². The highest BCUT2D eigenvalue weighted by atomic mass is 32.2. The van der Waals surface area contributed by atoms with Gasteiger partial charge in [0.1, 0.15) is 0 Å². The molecule has 1 heterocycles. The molecule has 1 rings (SSSR count). The van der Waals surface area contributed by atoms with Gasteiger partial charge in [0.05, 0.1) is 6.26 Å². The van der Waals surface area contributed by atoms with Gasteiger partial charge in [-0.25, -0.2) is 8.42 Å². The fourth-order valence-corrected chi connectivity index (χ4v) is 2.91. The van der Waals surface area contributed by atoms with Crippen LogP contribution in [0.25, 0.3) is 0 Å². The fraction of sp³-hybridized carbons (Fsp3) is 1.00. The number of rotatable bonds is 2. The Morgan fingerprint density at radius 1 is 1.29 bits per heavy atom. The Balaban J connectivity index is 2.64. The highest BCUT2D eigenvalue weighted by Gasteiger charge is 2.29. The topological polar surface area (TPSA) is 40.6 Å². The van der Waals surface area contributed by atoms with E-state index < -0.39 is 10.0 Å². The predicted octanol–water partition coefficient (Wildman–Crippen LogP) is 0.361. The Morgan fingerprint density at radius 2 is 1.86 bits per heavy atom. The molecule has 0 bridgehead atoms. The van der Waals surface area contributed by atoms with E-state index >= 15 is 0 Å². The first-order valence-electron chi connectivity index (χ1n) is 5.03. The van der Waals surface area contributed by atoms with Gasteiger partial charge in [-0.3, -0.25) is 4.90 Å². The van der Waals surface area contributed by atoms with Crippen molar-refractivity contribution in [1.82, 2.24) is 9.21 Å². The summed E-state index contributed by atoms with van der Waals surface area (Å²) < 4.78 is 24.2. The SMILES string of the molecule is CC(C)N1CCN(S(C)(=O)=O)C[C@@H]1C. The van der Waals surface area contributed by atoms with E-state index in [1.807, 2.05) is 0 Å². The molecule has 0 spiro atoms. The molecular weight excluding hydrogens is 200 g/mol. The third-order valence-electron chi connectivity index (χ3n) is 2.77. The Morgan fingerprint density at radius 3 is 2.21 bits per heavy atom. The van der Waals surface area contributed by atoms with E-state index in [0.29, 0.717) is 25.2 Å². The van der Waals surface area contributed by atoms with Crippen LogP contribution in [-0.2, 0) is 10.0 Å². The maximum Gasteiger partial charge on any atom is 0.211 e. The van der Waals surface area contributed by atoms with Crippen LogP contribution in [0.15, 0.2) is 0 Å². The standard InChI is InChI=1S/C9H20N2O2S/c1-8(2)11-6-5-10(7-9(11)3)14(4,12)13/h8-9H,5-7H2,1-4H3/t9-/m0/s1. The molecule has 4 nitrogen and oxygen atoms in total. The lowest BCUT2D eigenvalue weighted by Crippen LogP contribution is -2.55. The molecule has 1 atom stereocenters. The lowest BCUT2D eigenvalue weighted by atomic mass is 10.2. The van der Waals surface area contributed by atoms with Crippen LogP contribution in [0.3, 0.4) is 0 Å². The van der Waals surface area contributed by atoms with Crippen LogP contribution < -0.4 is 0 Å². The van der Waals surface area contributed by atoms with Crippen molar-refractivity contribution < 1.29 is 8.42 Å². The van der Waals surface area contributed by atoms with E-state index in [1.54, 1.807) is 4.31 Å². The van der Waals surface area contributed by atoms with E-state index in [1.165, 1.54) is 6.26 Å². The summed E-state index contributed by atoms with van der Waals surface area (Å²) in [7, 11) is -3.00. The maximum absolute atomic E-state index is 11.3. The second-order valence-electron chi connectivity index (χ2n) is 4.30. The molecule has 0 aromatic carbocycles. The average Bonchev–Trinajstić information content (AvgIpc) is 2.01. The zero-order chi connectivity index (χ0) is 10.9. The van der Waals surface area contributed by atoms with Crippen molar-refractivity contribution in [2.45, 2.75) is 32.9 Å². The number of hydrogen-bond donors (Lipinski definition) is 0. The number of piperazine rings is 1. The summed E-state index contributed by atoms with van der Waals surface area (Å²) in [6, 6.07) is 0.810. The van der Waals surface area contributed by atoms with Crippen LogP contribution >= 0.6 is 0 Å². The smallest absolute Gasteiger partial charge is 0.211 e. The first kappa shape index (κ1) is 11.9. The quantitative estimate of drug-likeness (QED) is 0.674. The van der Waals surface area contributed by atoms with E-state index in [4.69, 9.17) is 0 Å². The highest BCUT2D eigenvalue weighted by Crippen LogP contribution is 2.14. The number of hydrogen-bond acceptors (Lipinski definition) is 3. The normalized spacial score (nSPS) is 27.1. The summed E-state index contributed by atoms with van der Waals surface area (Å²) in [5.74, 6) is 0. The molecule has 1 saturated heterocycles. The Bertz CT molecular complexity index is 287. The fourth-order valence-electron chi connectivity index (χ4n) is 2.01. The van der Waals surface area contributed by atoms with Crippen LogP contribution in [0.1, 0.15) is 20.8 Å². The molecule has 0 amide bonds. The third-order valence-corrected chi connectivity index (χ3v) is 4.04. The molecule has 84 valence electrons. The Kier molecular flexibility index (Phi) is 3.55. The van der Waals surface area contributed by atoms with E-state index in [9.17, 15) is 8.42 Å². The van der Waals surface area contributed by atoms with Crippen LogP contribution in [0.4, 0.5) is 0 Å². The Hall–Kier alpha value is -0.130. The van der Waals surface area contributed by atoms with Gasteiger partial charge in [0.2, 0.25) is 10.0 Å². The summed E-state index contributed by atoms with van der Waals surface area (Å²) in [4.78, 5) is 2.34. The third kappa shape index (κ3) is 2.68. The van der Waals surface area contributed by atoms with Crippen molar-refractivity contribution in [2.24, 2.45) is 0 Å². The average molecular weight is 220 g/mol. The number of sulfonamides is 1. The molecule has 0 N–H and O–H groups in total. The van der Waals surface area contributed by atoms with Gasteiger partial charge in [-0.05, 0) is 20.8 Å². The highest BCUT2D eigenvalue weighted by molar-refractivity contribution is 7.88. The van der Waals surface area contributed by atoms with Crippen molar-refractivity contribution in [3.05, 3.63) is 0 Å². The minimum Gasteiger partial charge on any atom is -0.296 e. The van der Waals surface area contributed by atoms with Crippen LogP contribution in [-0.4, -0.2) is 55.6 Å². The summed E-state index contributed by atoms with van der Waals surface area (Å²) in [6.45, 7) is 8.46. The molecule has 5 heteroatoms. The molecule has 0 radical (unpaired) electrons. The maximum atomic E-state index is 11.3. The van der Waals surface area contributed by atoms with Gasteiger partial charge in [0.15, 0.2) is 0 Å². The van der Waals surface area contributed by atoms with Crippen molar-refractivity contribution >= 4 is 10.0 Å². The van der Waals surface area contributed by atoms with E-state index in [0.717, 1.165) is 6.54 Å². The molecule has 1 aliphatic heterocycles. The minimum absolute atomic E-state index is 0.318. The van der Waals surface area contributed by atoms with Gasteiger partial charge in [-0.15, -0.1) is 0 Å². The summed E-state index contributed by atoms with van der Waals surface area (Å²) in [6.07, 6.45) is 1.28. The molecule has 1 fully saturated rings. The molecule has 1 aliphatic rings. The largest absolute Gasteiger partial charge is 0.296 e. The minimum atomic E-state index is -3.00. The van der Waals surface area contributed by atoms with Gasteiger partial charge in [-0.1, -0.05) is 0 Å². The van der Waals surface area contributed by atoms with Gasteiger partial charge in [-0.2, -0.15) is 4.31 Å². The lowest BCUT2D eigenvalue weighted by molar-refractivity contribution is 0.0984. The van der Waals surface area contributed by atoms with Crippen LogP contribution in [0, 0.1) is 0 Å². The summed E-state index contributed by atoms with van der Waals surface area (Å²) in [5, 5.41) is 0. The monoisotopic (exact) mass is 220 g/mol. The van der Waals surface area contributed by atoms with Gasteiger partial charge < -0.3 is 0 Å². The van der Waals surface area contributed by atoms with Crippen molar-refractivity contribution in [3.8, 4) is 0 Å². The first-order chi connectivity index (χ1) is 6.32. The molecule has 14 heavy (non-hydrogen) atoms. The summed E-state index contributed by atoms with van der Waals surface area (Å²) >= 11 is 0.